The highest BCUT2D eigenvalue weighted by Gasteiger charge is 2.39. The van der Waals surface area contributed by atoms with Gasteiger partial charge in [-0.05, 0) is 43.9 Å². The van der Waals surface area contributed by atoms with Gasteiger partial charge in [-0.25, -0.2) is 0 Å². The quantitative estimate of drug-likeness (QED) is 0.739. The normalized spacial score (nSPS) is 29.8. The monoisotopic (exact) mass is 311 g/mol. The van der Waals surface area contributed by atoms with E-state index < -0.39 is 5.54 Å². The number of esters is 1. The van der Waals surface area contributed by atoms with Crippen LogP contribution in [0, 0.1) is 11.8 Å². The molecule has 0 bridgehead atoms. The number of aliphatic hydroxyl groups excluding tert-OH is 1. The Morgan fingerprint density at radius 2 is 1.82 bits per heavy atom. The average molecular weight is 311 g/mol. The third kappa shape index (κ3) is 4.95. The van der Waals surface area contributed by atoms with Crippen molar-refractivity contribution in [1.82, 2.24) is 0 Å². The Morgan fingerprint density at radius 1 is 1.14 bits per heavy atom. The molecule has 0 aromatic heterocycles. The molecule has 4 heteroatoms. The van der Waals surface area contributed by atoms with Gasteiger partial charge in [0.2, 0.25) is 0 Å². The van der Waals surface area contributed by atoms with E-state index in [1.165, 1.54) is 39.2 Å². The molecule has 0 heterocycles. The zero-order chi connectivity index (χ0) is 16.0. The standard InChI is InChI=1S/C18H33NO3/c1-22-17(21)18(19,11-10-14-6-3-2-4-7-14)13-15-8-5-9-16(20)12-15/h14-16,20H,2-13,19H2,1H3/t15-,16-,18+/m0/s1. The maximum atomic E-state index is 12.3. The van der Waals surface area contributed by atoms with Gasteiger partial charge in [0.25, 0.3) is 0 Å². The zero-order valence-electron chi connectivity index (χ0n) is 14.1. The molecule has 3 atom stereocenters. The molecule has 2 aliphatic carbocycles. The lowest BCUT2D eigenvalue weighted by Crippen LogP contribution is -2.51. The van der Waals surface area contributed by atoms with Crippen LogP contribution in [0.3, 0.4) is 0 Å². The Hall–Kier alpha value is -0.610. The molecule has 0 aromatic rings. The van der Waals surface area contributed by atoms with Gasteiger partial charge in [-0.1, -0.05) is 44.9 Å². The molecule has 2 aliphatic rings. The molecule has 0 spiro atoms. The molecule has 0 amide bonds. The van der Waals surface area contributed by atoms with Crippen LogP contribution < -0.4 is 5.73 Å². The van der Waals surface area contributed by atoms with E-state index in [1.54, 1.807) is 0 Å². The van der Waals surface area contributed by atoms with Gasteiger partial charge in [-0.2, -0.15) is 0 Å². The summed E-state index contributed by atoms with van der Waals surface area (Å²) in [6, 6.07) is 0. The summed E-state index contributed by atoms with van der Waals surface area (Å²) in [6.45, 7) is 0. The largest absolute Gasteiger partial charge is 0.468 e. The summed E-state index contributed by atoms with van der Waals surface area (Å²) in [5.41, 5.74) is 5.62. The van der Waals surface area contributed by atoms with E-state index in [2.05, 4.69) is 0 Å². The highest BCUT2D eigenvalue weighted by atomic mass is 16.5. The van der Waals surface area contributed by atoms with Gasteiger partial charge in [0.1, 0.15) is 5.54 Å². The van der Waals surface area contributed by atoms with Gasteiger partial charge < -0.3 is 15.6 Å². The maximum Gasteiger partial charge on any atom is 0.325 e. The number of carbonyl (C=O) groups excluding carboxylic acids is 1. The predicted octanol–water partition coefficient (Wildman–Crippen LogP) is 3.16. The van der Waals surface area contributed by atoms with Crippen LogP contribution >= 0.6 is 0 Å². The fraction of sp³-hybridized carbons (Fsp3) is 0.944. The Morgan fingerprint density at radius 3 is 2.45 bits per heavy atom. The van der Waals surface area contributed by atoms with Gasteiger partial charge in [0, 0.05) is 0 Å². The number of ether oxygens (including phenoxy) is 1. The number of rotatable bonds is 6. The number of hydrogen-bond donors (Lipinski definition) is 2. The molecule has 3 N–H and O–H groups in total. The first-order valence-corrected chi connectivity index (χ1v) is 9.09. The van der Waals surface area contributed by atoms with Crippen LogP contribution in [-0.4, -0.2) is 29.8 Å². The summed E-state index contributed by atoms with van der Waals surface area (Å²) in [7, 11) is 1.43. The lowest BCUT2D eigenvalue weighted by molar-refractivity contribution is -0.148. The minimum absolute atomic E-state index is 0.223. The van der Waals surface area contributed by atoms with Crippen molar-refractivity contribution < 1.29 is 14.6 Å². The topological polar surface area (TPSA) is 72.5 Å². The Labute approximate surface area is 134 Å². The van der Waals surface area contributed by atoms with E-state index in [0.29, 0.717) is 12.3 Å². The maximum absolute atomic E-state index is 12.3. The zero-order valence-corrected chi connectivity index (χ0v) is 14.1. The van der Waals surface area contributed by atoms with Crippen molar-refractivity contribution >= 4 is 5.97 Å². The second kappa shape index (κ2) is 8.30. The first kappa shape index (κ1) is 17.7. The van der Waals surface area contributed by atoms with Crippen LogP contribution in [0.1, 0.15) is 77.0 Å². The number of methoxy groups -OCH3 is 1. The lowest BCUT2D eigenvalue weighted by atomic mass is 9.75. The Bertz CT molecular complexity index is 354. The summed E-state index contributed by atoms with van der Waals surface area (Å²) in [5.74, 6) is 0.792. The van der Waals surface area contributed by atoms with Gasteiger partial charge in [-0.3, -0.25) is 4.79 Å². The highest BCUT2D eigenvalue weighted by Crippen LogP contribution is 2.35. The first-order chi connectivity index (χ1) is 10.5. The third-order valence-electron chi connectivity index (χ3n) is 5.72. The molecule has 0 radical (unpaired) electrons. The number of carbonyl (C=O) groups is 1. The third-order valence-corrected chi connectivity index (χ3v) is 5.72. The van der Waals surface area contributed by atoms with Gasteiger partial charge in [0.05, 0.1) is 13.2 Å². The molecule has 0 unspecified atom stereocenters. The average Bonchev–Trinajstić information content (AvgIpc) is 2.53. The fourth-order valence-corrected chi connectivity index (χ4v) is 4.39. The molecule has 2 rings (SSSR count). The fourth-order valence-electron chi connectivity index (χ4n) is 4.39. The van der Waals surface area contributed by atoms with Crippen molar-refractivity contribution in [2.45, 2.75) is 88.7 Å². The van der Waals surface area contributed by atoms with Crippen molar-refractivity contribution in [3.05, 3.63) is 0 Å². The highest BCUT2D eigenvalue weighted by molar-refractivity contribution is 5.80. The molecular weight excluding hydrogens is 278 g/mol. The molecule has 4 nitrogen and oxygen atoms in total. The number of nitrogens with two attached hydrogens (primary N) is 1. The predicted molar refractivity (Wildman–Crippen MR) is 87.3 cm³/mol. The van der Waals surface area contributed by atoms with Crippen molar-refractivity contribution in [3.63, 3.8) is 0 Å². The van der Waals surface area contributed by atoms with Crippen molar-refractivity contribution in [1.29, 1.82) is 0 Å². The second-order valence-electron chi connectivity index (χ2n) is 7.58. The summed E-state index contributed by atoms with van der Waals surface area (Å²) in [6.07, 6.45) is 12.5. The molecule has 0 aliphatic heterocycles. The minimum atomic E-state index is -0.867. The van der Waals surface area contributed by atoms with Crippen LogP contribution in [-0.2, 0) is 9.53 Å². The molecular formula is C18H33NO3. The first-order valence-electron chi connectivity index (χ1n) is 9.09. The van der Waals surface area contributed by atoms with Crippen LogP contribution in [0.15, 0.2) is 0 Å². The molecule has 2 fully saturated rings. The molecule has 22 heavy (non-hydrogen) atoms. The van der Waals surface area contributed by atoms with Crippen molar-refractivity contribution in [2.75, 3.05) is 7.11 Å². The SMILES string of the molecule is COC(=O)[C@@](N)(CCC1CCCCC1)C[C@H]1CCC[C@H](O)C1. The van der Waals surface area contributed by atoms with Crippen LogP contribution in [0.5, 0.6) is 0 Å². The van der Waals surface area contributed by atoms with E-state index in [1.807, 2.05) is 0 Å². The van der Waals surface area contributed by atoms with Gasteiger partial charge in [0.15, 0.2) is 0 Å². The van der Waals surface area contributed by atoms with Crippen LogP contribution in [0.4, 0.5) is 0 Å². The van der Waals surface area contributed by atoms with E-state index in [-0.39, 0.29) is 12.1 Å². The van der Waals surface area contributed by atoms with Crippen molar-refractivity contribution in [3.8, 4) is 0 Å². The summed E-state index contributed by atoms with van der Waals surface area (Å²) in [4.78, 5) is 12.3. The van der Waals surface area contributed by atoms with Gasteiger partial charge in [-0.15, -0.1) is 0 Å². The minimum Gasteiger partial charge on any atom is -0.468 e. The Balaban J connectivity index is 1.91. The lowest BCUT2D eigenvalue weighted by Gasteiger charge is -2.35. The molecule has 128 valence electrons. The summed E-state index contributed by atoms with van der Waals surface area (Å²) in [5, 5.41) is 9.85. The molecule has 0 aromatic carbocycles. The Kier molecular flexibility index (Phi) is 6.69. The smallest absolute Gasteiger partial charge is 0.325 e. The molecule has 0 saturated heterocycles. The van der Waals surface area contributed by atoms with Crippen LogP contribution in [0.25, 0.3) is 0 Å². The van der Waals surface area contributed by atoms with E-state index in [9.17, 15) is 9.90 Å². The molecule has 2 saturated carbocycles. The van der Waals surface area contributed by atoms with Gasteiger partial charge >= 0.3 is 5.97 Å². The van der Waals surface area contributed by atoms with Crippen LogP contribution in [0.2, 0.25) is 0 Å². The second-order valence-corrected chi connectivity index (χ2v) is 7.58. The summed E-state index contributed by atoms with van der Waals surface area (Å²) >= 11 is 0. The van der Waals surface area contributed by atoms with E-state index in [0.717, 1.165) is 44.4 Å². The van der Waals surface area contributed by atoms with E-state index >= 15 is 0 Å². The van der Waals surface area contributed by atoms with E-state index in [4.69, 9.17) is 10.5 Å². The summed E-state index contributed by atoms with van der Waals surface area (Å²) < 4.78 is 5.00. The number of hydrogen-bond acceptors (Lipinski definition) is 4. The number of aliphatic hydroxyl groups is 1. The van der Waals surface area contributed by atoms with Crippen molar-refractivity contribution in [2.24, 2.45) is 17.6 Å².